The SMILES string of the molecule is Cc1cc(F)c(F)cc1Nc1ncc2c(n1)n(C1CC[Si](C)(C)C1)c(=O)n2C. The molecule has 9 heteroatoms. The second-order valence-corrected chi connectivity index (χ2v) is 13.6. The minimum atomic E-state index is -1.29. The molecule has 1 aromatic carbocycles. The highest BCUT2D eigenvalue weighted by atomic mass is 28.3. The number of rotatable bonds is 3. The van der Waals surface area contributed by atoms with Gasteiger partial charge in [-0.2, -0.15) is 4.98 Å². The van der Waals surface area contributed by atoms with E-state index in [-0.39, 0.29) is 17.7 Å². The van der Waals surface area contributed by atoms with Crippen LogP contribution in [-0.2, 0) is 7.05 Å². The van der Waals surface area contributed by atoms with E-state index in [9.17, 15) is 13.6 Å². The Balaban J connectivity index is 1.78. The van der Waals surface area contributed by atoms with Crippen LogP contribution < -0.4 is 11.0 Å². The summed E-state index contributed by atoms with van der Waals surface area (Å²) in [5.74, 6) is -1.59. The van der Waals surface area contributed by atoms with E-state index in [1.165, 1.54) is 6.04 Å². The molecule has 0 saturated carbocycles. The molecule has 1 N–H and O–H groups in total. The molecule has 0 bridgehead atoms. The Morgan fingerprint density at radius 2 is 1.96 bits per heavy atom. The maximum Gasteiger partial charge on any atom is 0.330 e. The molecule has 1 fully saturated rings. The number of imidazole rings is 1. The number of aromatic nitrogens is 4. The van der Waals surface area contributed by atoms with Gasteiger partial charge in [0.2, 0.25) is 5.95 Å². The van der Waals surface area contributed by atoms with Crippen molar-refractivity contribution in [1.82, 2.24) is 19.1 Å². The average Bonchev–Trinajstić information content (AvgIpc) is 3.09. The third-order valence-corrected chi connectivity index (χ3v) is 8.87. The zero-order valence-corrected chi connectivity index (χ0v) is 17.4. The van der Waals surface area contributed by atoms with Crippen molar-refractivity contribution in [2.75, 3.05) is 5.32 Å². The Hall–Kier alpha value is -2.55. The molecule has 3 heterocycles. The predicted octanol–water partition coefficient (Wildman–Crippen LogP) is 4.11. The lowest BCUT2D eigenvalue weighted by Gasteiger charge is -2.16. The summed E-state index contributed by atoms with van der Waals surface area (Å²) in [5, 5.41) is 2.95. The fraction of sp³-hybridized carbons (Fsp3) is 0.421. The van der Waals surface area contributed by atoms with Gasteiger partial charge in [0.05, 0.1) is 6.20 Å². The number of nitrogens with zero attached hydrogens (tertiary/aromatic N) is 4. The van der Waals surface area contributed by atoms with Gasteiger partial charge in [-0.15, -0.1) is 0 Å². The zero-order valence-electron chi connectivity index (χ0n) is 16.4. The minimum Gasteiger partial charge on any atom is -0.324 e. The number of benzene rings is 1. The number of fused-ring (bicyclic) bond motifs is 1. The third-order valence-electron chi connectivity index (χ3n) is 5.65. The number of anilines is 2. The molecule has 1 saturated heterocycles. The molecule has 28 heavy (non-hydrogen) atoms. The number of hydrogen-bond acceptors (Lipinski definition) is 4. The molecule has 1 aliphatic heterocycles. The van der Waals surface area contributed by atoms with E-state index in [2.05, 4.69) is 28.4 Å². The maximum atomic E-state index is 13.6. The van der Waals surface area contributed by atoms with Crippen molar-refractivity contribution in [3.05, 3.63) is 46.0 Å². The van der Waals surface area contributed by atoms with Gasteiger partial charge in [-0.3, -0.25) is 9.13 Å². The second kappa shape index (κ2) is 6.51. The predicted molar refractivity (Wildman–Crippen MR) is 108 cm³/mol. The Morgan fingerprint density at radius 1 is 1.25 bits per heavy atom. The van der Waals surface area contributed by atoms with Gasteiger partial charge in [-0.05, 0) is 31.0 Å². The maximum absolute atomic E-state index is 13.6. The van der Waals surface area contributed by atoms with E-state index in [1.807, 2.05) is 0 Å². The van der Waals surface area contributed by atoms with Gasteiger partial charge in [0.1, 0.15) is 5.52 Å². The Bertz CT molecular complexity index is 1140. The summed E-state index contributed by atoms with van der Waals surface area (Å²) in [6.07, 6.45) is 2.57. The molecular formula is C19H23F2N5OSi. The summed E-state index contributed by atoms with van der Waals surface area (Å²) in [7, 11) is 0.431. The molecular weight excluding hydrogens is 380 g/mol. The van der Waals surface area contributed by atoms with E-state index in [4.69, 9.17) is 0 Å². The molecule has 1 unspecified atom stereocenters. The topological polar surface area (TPSA) is 64.7 Å². The molecule has 0 amide bonds. The van der Waals surface area contributed by atoms with E-state index in [0.717, 1.165) is 24.6 Å². The minimum absolute atomic E-state index is 0.0952. The van der Waals surface area contributed by atoms with Crippen molar-refractivity contribution in [2.45, 2.75) is 44.6 Å². The van der Waals surface area contributed by atoms with Crippen LogP contribution in [0, 0.1) is 18.6 Å². The van der Waals surface area contributed by atoms with Gasteiger partial charge in [0, 0.05) is 32.9 Å². The third kappa shape index (κ3) is 3.13. The van der Waals surface area contributed by atoms with Crippen molar-refractivity contribution in [2.24, 2.45) is 7.05 Å². The van der Waals surface area contributed by atoms with Crippen molar-refractivity contribution >= 4 is 30.9 Å². The van der Waals surface area contributed by atoms with Gasteiger partial charge in [0.15, 0.2) is 17.3 Å². The number of halogens is 2. The van der Waals surface area contributed by atoms with Crippen LogP contribution in [-0.4, -0.2) is 27.2 Å². The van der Waals surface area contributed by atoms with Crippen LogP contribution in [0.25, 0.3) is 11.2 Å². The Kier molecular flexibility index (Phi) is 4.37. The van der Waals surface area contributed by atoms with Crippen LogP contribution in [0.4, 0.5) is 20.4 Å². The van der Waals surface area contributed by atoms with E-state index < -0.39 is 19.7 Å². The average molecular weight is 404 g/mol. The number of nitrogens with one attached hydrogen (secondary N) is 1. The van der Waals surface area contributed by atoms with Gasteiger partial charge >= 0.3 is 5.69 Å². The summed E-state index contributed by atoms with van der Waals surface area (Å²) in [6.45, 7) is 6.36. The molecule has 148 valence electrons. The van der Waals surface area contributed by atoms with Crippen LogP contribution in [0.15, 0.2) is 23.1 Å². The van der Waals surface area contributed by atoms with E-state index in [0.29, 0.717) is 22.4 Å². The number of aryl methyl sites for hydroxylation is 2. The Labute approximate surface area is 162 Å². The summed E-state index contributed by atoms with van der Waals surface area (Å²) in [4.78, 5) is 21.7. The highest BCUT2D eigenvalue weighted by Gasteiger charge is 2.35. The molecule has 3 aromatic rings. The lowest BCUT2D eigenvalue weighted by Crippen LogP contribution is -2.27. The lowest BCUT2D eigenvalue weighted by molar-refractivity contribution is 0.508. The summed E-state index contributed by atoms with van der Waals surface area (Å²) in [6, 6.07) is 4.58. The first-order valence-electron chi connectivity index (χ1n) is 9.33. The first-order chi connectivity index (χ1) is 13.2. The molecule has 0 radical (unpaired) electrons. The smallest absolute Gasteiger partial charge is 0.324 e. The second-order valence-electron chi connectivity index (χ2n) is 8.38. The van der Waals surface area contributed by atoms with E-state index in [1.54, 1.807) is 29.3 Å². The van der Waals surface area contributed by atoms with Gasteiger partial charge in [-0.1, -0.05) is 19.1 Å². The fourth-order valence-corrected chi connectivity index (χ4v) is 7.03. The van der Waals surface area contributed by atoms with Gasteiger partial charge in [0.25, 0.3) is 0 Å². The lowest BCUT2D eigenvalue weighted by atomic mass is 10.2. The fourth-order valence-electron chi connectivity index (χ4n) is 4.05. The standard InChI is InChI=1S/C19H23F2N5OSi/c1-11-7-13(20)14(21)8-15(11)23-18-22-9-16-17(24-18)26(19(27)25(16)2)12-5-6-28(3,4)10-12/h7-9,12H,5-6,10H2,1-4H3,(H,22,23,24). The molecule has 2 aromatic heterocycles. The number of hydrogen-bond donors (Lipinski definition) is 1. The van der Waals surface area contributed by atoms with Crippen LogP contribution in [0.5, 0.6) is 0 Å². The van der Waals surface area contributed by atoms with E-state index >= 15 is 0 Å². The van der Waals surface area contributed by atoms with Crippen LogP contribution in [0.3, 0.4) is 0 Å². The van der Waals surface area contributed by atoms with Crippen LogP contribution in [0.2, 0.25) is 25.2 Å². The van der Waals surface area contributed by atoms with Gasteiger partial charge in [-0.25, -0.2) is 18.6 Å². The van der Waals surface area contributed by atoms with Crippen molar-refractivity contribution in [3.8, 4) is 0 Å². The largest absolute Gasteiger partial charge is 0.330 e. The molecule has 4 rings (SSSR count). The summed E-state index contributed by atoms with van der Waals surface area (Å²) >= 11 is 0. The summed E-state index contributed by atoms with van der Waals surface area (Å²) in [5.41, 5.74) is 2.06. The van der Waals surface area contributed by atoms with Gasteiger partial charge < -0.3 is 5.32 Å². The monoisotopic (exact) mass is 403 g/mol. The van der Waals surface area contributed by atoms with Crippen LogP contribution >= 0.6 is 0 Å². The highest BCUT2D eigenvalue weighted by molar-refractivity contribution is 6.78. The molecule has 0 spiro atoms. The highest BCUT2D eigenvalue weighted by Crippen LogP contribution is 2.38. The quantitative estimate of drug-likeness (QED) is 0.669. The first kappa shape index (κ1) is 18.8. The van der Waals surface area contributed by atoms with Crippen molar-refractivity contribution in [1.29, 1.82) is 0 Å². The molecule has 0 aliphatic carbocycles. The zero-order chi connectivity index (χ0) is 20.2. The normalized spacial score (nSPS) is 18.7. The molecule has 1 aliphatic rings. The Morgan fingerprint density at radius 3 is 2.64 bits per heavy atom. The van der Waals surface area contributed by atoms with Crippen molar-refractivity contribution in [3.63, 3.8) is 0 Å². The first-order valence-corrected chi connectivity index (χ1v) is 12.7. The molecule has 6 nitrogen and oxygen atoms in total. The van der Waals surface area contributed by atoms with Crippen LogP contribution in [0.1, 0.15) is 18.0 Å². The summed E-state index contributed by atoms with van der Waals surface area (Å²) < 4.78 is 30.3. The van der Waals surface area contributed by atoms with Crippen molar-refractivity contribution < 1.29 is 8.78 Å². The molecule has 1 atom stereocenters.